The molecule has 2 aromatic heterocycles. The Bertz CT molecular complexity index is 1850. The first-order valence-corrected chi connectivity index (χ1v) is 11.8. The second-order valence-electron chi connectivity index (χ2n) is 8.11. The van der Waals surface area contributed by atoms with E-state index in [4.69, 9.17) is 9.41 Å². The lowest BCUT2D eigenvalue weighted by atomic mass is 10.0. The van der Waals surface area contributed by atoms with Crippen LogP contribution >= 0.6 is 11.3 Å². The van der Waals surface area contributed by atoms with E-state index in [2.05, 4.69) is 0 Å². The standard InChI is InChI=1S/C28H17FN2O3S/c29-20-11-12-24-21(14-20)26(32)19(16-34-24)13-25-27(33)31-23(18-9-5-2-6-10-18)15-22(30-28(31)35-25)17-7-3-1-4-8-17/h1-16,23H/b25-13-/t23-/m1/s1. The Morgan fingerprint density at radius 3 is 2.49 bits per heavy atom. The average molecular weight is 481 g/mol. The summed E-state index contributed by atoms with van der Waals surface area (Å²) in [5.74, 6) is -0.530. The highest BCUT2D eigenvalue weighted by atomic mass is 32.1. The molecule has 0 amide bonds. The zero-order valence-electron chi connectivity index (χ0n) is 18.2. The van der Waals surface area contributed by atoms with Crippen LogP contribution in [0.2, 0.25) is 0 Å². The number of nitrogens with zero attached hydrogens (tertiary/aromatic N) is 2. The maximum atomic E-state index is 13.7. The molecule has 7 heteroatoms. The number of thiazole rings is 1. The Hall–Kier alpha value is -4.36. The van der Waals surface area contributed by atoms with E-state index in [1.54, 1.807) is 4.57 Å². The van der Waals surface area contributed by atoms with Gasteiger partial charge in [-0.2, -0.15) is 0 Å². The Kier molecular flexibility index (Phi) is 5.12. The van der Waals surface area contributed by atoms with E-state index in [0.717, 1.165) is 22.9 Å². The summed E-state index contributed by atoms with van der Waals surface area (Å²) in [6.07, 6.45) is 4.77. The summed E-state index contributed by atoms with van der Waals surface area (Å²) in [5, 5.41) is 0.125. The number of hydrogen-bond donors (Lipinski definition) is 0. The summed E-state index contributed by atoms with van der Waals surface area (Å²) >= 11 is 1.20. The average Bonchev–Trinajstić information content (AvgIpc) is 3.21. The maximum absolute atomic E-state index is 13.7. The highest BCUT2D eigenvalue weighted by Crippen LogP contribution is 2.26. The summed E-state index contributed by atoms with van der Waals surface area (Å²) in [6.45, 7) is 0. The van der Waals surface area contributed by atoms with Gasteiger partial charge in [-0.05, 0) is 41.5 Å². The minimum atomic E-state index is -0.530. The largest absolute Gasteiger partial charge is 0.463 e. The van der Waals surface area contributed by atoms with E-state index < -0.39 is 11.2 Å². The van der Waals surface area contributed by atoms with Crippen molar-refractivity contribution in [1.29, 1.82) is 0 Å². The van der Waals surface area contributed by atoms with Gasteiger partial charge in [-0.25, -0.2) is 9.38 Å². The van der Waals surface area contributed by atoms with Crippen molar-refractivity contribution < 1.29 is 8.81 Å². The molecule has 0 bridgehead atoms. The zero-order chi connectivity index (χ0) is 23.9. The van der Waals surface area contributed by atoms with Gasteiger partial charge in [0.25, 0.3) is 5.56 Å². The fourth-order valence-electron chi connectivity index (χ4n) is 4.20. The summed E-state index contributed by atoms with van der Waals surface area (Å²) < 4.78 is 21.2. The van der Waals surface area contributed by atoms with Crippen molar-refractivity contribution in [3.63, 3.8) is 0 Å². The molecule has 0 spiro atoms. The zero-order valence-corrected chi connectivity index (χ0v) is 19.0. The van der Waals surface area contributed by atoms with Gasteiger partial charge in [0.2, 0.25) is 0 Å². The Balaban J connectivity index is 1.58. The number of hydrogen-bond acceptors (Lipinski definition) is 5. The van der Waals surface area contributed by atoms with Gasteiger partial charge in [-0.15, -0.1) is 0 Å². The fourth-order valence-corrected chi connectivity index (χ4v) is 5.21. The third kappa shape index (κ3) is 3.76. The van der Waals surface area contributed by atoms with Gasteiger partial charge in [0.1, 0.15) is 17.7 Å². The van der Waals surface area contributed by atoms with Crippen molar-refractivity contribution in [2.24, 2.45) is 4.99 Å². The highest BCUT2D eigenvalue weighted by molar-refractivity contribution is 7.07. The second kappa shape index (κ2) is 8.45. The van der Waals surface area contributed by atoms with Crippen LogP contribution in [-0.4, -0.2) is 4.57 Å². The number of halogens is 1. The molecule has 3 aromatic carbocycles. The maximum Gasteiger partial charge on any atom is 0.271 e. The molecule has 0 unspecified atom stereocenters. The minimum Gasteiger partial charge on any atom is -0.463 e. The van der Waals surface area contributed by atoms with Crippen molar-refractivity contribution in [1.82, 2.24) is 4.57 Å². The molecule has 170 valence electrons. The number of allylic oxidation sites excluding steroid dienone is 1. The quantitative estimate of drug-likeness (QED) is 0.388. The molecular weight excluding hydrogens is 463 g/mol. The van der Waals surface area contributed by atoms with Gasteiger partial charge >= 0.3 is 0 Å². The van der Waals surface area contributed by atoms with Crippen LogP contribution < -0.4 is 20.3 Å². The topological polar surface area (TPSA) is 64.6 Å². The third-order valence-corrected chi connectivity index (χ3v) is 6.89. The van der Waals surface area contributed by atoms with Crippen LogP contribution in [0.15, 0.2) is 110 Å². The molecule has 0 saturated heterocycles. The van der Waals surface area contributed by atoms with Crippen molar-refractivity contribution in [2.75, 3.05) is 0 Å². The molecule has 1 aliphatic rings. The molecule has 1 aliphatic heterocycles. The Morgan fingerprint density at radius 2 is 1.71 bits per heavy atom. The molecule has 0 fully saturated rings. The van der Waals surface area contributed by atoms with Crippen LogP contribution in [0.25, 0.3) is 22.7 Å². The van der Waals surface area contributed by atoms with Gasteiger partial charge < -0.3 is 4.42 Å². The Labute approximate surface area is 202 Å². The molecule has 0 radical (unpaired) electrons. The normalized spacial score (nSPS) is 15.5. The molecule has 5 nitrogen and oxygen atoms in total. The first-order chi connectivity index (χ1) is 17.1. The molecule has 0 N–H and O–H groups in total. The molecule has 35 heavy (non-hydrogen) atoms. The highest BCUT2D eigenvalue weighted by Gasteiger charge is 2.22. The van der Waals surface area contributed by atoms with E-state index in [9.17, 15) is 14.0 Å². The van der Waals surface area contributed by atoms with Gasteiger partial charge in [0.05, 0.1) is 27.2 Å². The number of fused-ring (bicyclic) bond motifs is 2. The molecule has 6 rings (SSSR count). The number of benzene rings is 3. The van der Waals surface area contributed by atoms with Crippen LogP contribution in [0, 0.1) is 5.82 Å². The predicted octanol–water partition coefficient (Wildman–Crippen LogP) is 4.25. The first-order valence-electron chi connectivity index (χ1n) is 10.9. The SMILES string of the molecule is O=c1c(/C=c2\sc3n(c2=O)[C@@H](c2ccccc2)C=C(c2ccccc2)N=3)coc2ccc(F)cc12. The molecule has 0 saturated carbocycles. The van der Waals surface area contributed by atoms with E-state index in [1.807, 2.05) is 66.7 Å². The molecule has 3 heterocycles. The molecule has 1 atom stereocenters. The van der Waals surface area contributed by atoms with E-state index in [-0.39, 0.29) is 28.1 Å². The van der Waals surface area contributed by atoms with Crippen LogP contribution in [0.5, 0.6) is 0 Å². The van der Waals surface area contributed by atoms with Crippen LogP contribution in [0.1, 0.15) is 22.7 Å². The summed E-state index contributed by atoms with van der Waals surface area (Å²) in [5.41, 5.74) is 2.46. The van der Waals surface area contributed by atoms with E-state index >= 15 is 0 Å². The summed E-state index contributed by atoms with van der Waals surface area (Å²) in [4.78, 5) is 31.8. The first kappa shape index (κ1) is 21.2. The second-order valence-corrected chi connectivity index (χ2v) is 9.12. The van der Waals surface area contributed by atoms with Crippen LogP contribution in [0.3, 0.4) is 0 Å². The van der Waals surface area contributed by atoms with Gasteiger partial charge in [0.15, 0.2) is 10.2 Å². The van der Waals surface area contributed by atoms with Gasteiger partial charge in [-0.1, -0.05) is 72.0 Å². The lowest BCUT2D eigenvalue weighted by Crippen LogP contribution is -2.36. The lowest BCUT2D eigenvalue weighted by molar-refractivity contribution is 0.595. The van der Waals surface area contributed by atoms with Crippen molar-refractivity contribution >= 4 is 34.1 Å². The minimum absolute atomic E-state index is 0.125. The van der Waals surface area contributed by atoms with Crippen molar-refractivity contribution in [3.8, 4) is 0 Å². The van der Waals surface area contributed by atoms with E-state index in [0.29, 0.717) is 9.33 Å². The van der Waals surface area contributed by atoms with Crippen LogP contribution in [0.4, 0.5) is 4.39 Å². The van der Waals surface area contributed by atoms with E-state index in [1.165, 1.54) is 35.8 Å². The van der Waals surface area contributed by atoms with Gasteiger partial charge in [0, 0.05) is 0 Å². The lowest BCUT2D eigenvalue weighted by Gasteiger charge is -2.19. The van der Waals surface area contributed by atoms with Crippen LogP contribution in [-0.2, 0) is 0 Å². The summed E-state index contributed by atoms with van der Waals surface area (Å²) in [7, 11) is 0. The molecular formula is C28H17FN2O3S. The summed E-state index contributed by atoms with van der Waals surface area (Å²) in [6, 6.07) is 22.9. The molecule has 0 aliphatic carbocycles. The third-order valence-electron chi connectivity index (χ3n) is 5.91. The van der Waals surface area contributed by atoms with Crippen molar-refractivity contribution in [2.45, 2.75) is 6.04 Å². The fraction of sp³-hybridized carbons (Fsp3) is 0.0357. The predicted molar refractivity (Wildman–Crippen MR) is 134 cm³/mol. The van der Waals surface area contributed by atoms with Gasteiger partial charge in [-0.3, -0.25) is 14.2 Å². The smallest absolute Gasteiger partial charge is 0.271 e. The van der Waals surface area contributed by atoms with Crippen molar-refractivity contribution in [3.05, 3.63) is 144 Å². The number of aromatic nitrogens is 1. The molecule has 5 aromatic rings. The Morgan fingerprint density at radius 1 is 0.971 bits per heavy atom. The number of rotatable bonds is 3. The monoisotopic (exact) mass is 480 g/mol.